The maximum absolute atomic E-state index is 14.1. The first-order chi connectivity index (χ1) is 16.0. The van der Waals surface area contributed by atoms with E-state index in [9.17, 15) is 31.9 Å². The van der Waals surface area contributed by atoms with Crippen molar-refractivity contribution in [1.29, 1.82) is 0 Å². The SMILES string of the molecule is C[C@@H](NC(=O)C1=NCc2ncnc(N[C@@H]3CN(CC(F)(F)F)C[C@H]3O)c21)c1cc(F)ccc1F. The Bertz CT molecular complexity index is 1130. The Morgan fingerprint density at radius 3 is 2.76 bits per heavy atom. The van der Waals surface area contributed by atoms with Gasteiger partial charge < -0.3 is 15.7 Å². The molecular formula is C21H21F5N6O2. The number of β-amino-alcohol motifs (C(OH)–C–C–N with tert-alkyl or cyclic N) is 1. The molecule has 3 N–H and O–H groups in total. The molecule has 1 aromatic heterocycles. The van der Waals surface area contributed by atoms with E-state index >= 15 is 0 Å². The molecule has 2 aromatic rings. The van der Waals surface area contributed by atoms with E-state index in [4.69, 9.17) is 0 Å². The number of carbonyl (C=O) groups is 1. The van der Waals surface area contributed by atoms with E-state index in [1.807, 2.05) is 0 Å². The summed E-state index contributed by atoms with van der Waals surface area (Å²) >= 11 is 0. The van der Waals surface area contributed by atoms with Gasteiger partial charge in [0.2, 0.25) is 0 Å². The minimum atomic E-state index is -4.40. The van der Waals surface area contributed by atoms with E-state index in [-0.39, 0.29) is 42.3 Å². The van der Waals surface area contributed by atoms with Crippen molar-refractivity contribution in [2.75, 3.05) is 25.0 Å². The van der Waals surface area contributed by atoms with Gasteiger partial charge in [-0.3, -0.25) is 14.7 Å². The normalized spacial score (nSPS) is 21.2. The number of carbonyl (C=O) groups excluding carboxylic acids is 1. The number of likely N-dealkylation sites (tertiary alicyclic amines) is 1. The number of aliphatic imine (C=N–C) groups is 1. The highest BCUT2D eigenvalue weighted by Crippen LogP contribution is 2.27. The molecule has 3 atom stereocenters. The molecule has 182 valence electrons. The van der Waals surface area contributed by atoms with Crippen LogP contribution in [0.2, 0.25) is 0 Å². The zero-order valence-corrected chi connectivity index (χ0v) is 17.9. The van der Waals surface area contributed by atoms with E-state index in [2.05, 4.69) is 25.6 Å². The topological polar surface area (TPSA) is 103 Å². The number of rotatable bonds is 6. The van der Waals surface area contributed by atoms with Gasteiger partial charge in [0.25, 0.3) is 5.91 Å². The third-order valence-electron chi connectivity index (χ3n) is 5.63. The lowest BCUT2D eigenvalue weighted by molar-refractivity contribution is -0.144. The second-order valence-electron chi connectivity index (χ2n) is 8.20. The molecule has 1 amide bonds. The first-order valence-electron chi connectivity index (χ1n) is 10.4. The maximum atomic E-state index is 14.1. The summed E-state index contributed by atoms with van der Waals surface area (Å²) < 4.78 is 65.7. The number of halogens is 5. The van der Waals surface area contributed by atoms with Gasteiger partial charge in [0.05, 0.1) is 42.5 Å². The van der Waals surface area contributed by atoms with Crippen molar-refractivity contribution in [3.05, 3.63) is 53.0 Å². The number of hydrogen-bond acceptors (Lipinski definition) is 7. The largest absolute Gasteiger partial charge is 0.401 e. The highest BCUT2D eigenvalue weighted by atomic mass is 19.4. The van der Waals surface area contributed by atoms with Crippen molar-refractivity contribution in [2.45, 2.75) is 37.8 Å². The molecule has 0 aliphatic carbocycles. The smallest absolute Gasteiger partial charge is 0.390 e. The number of aromatic nitrogens is 2. The summed E-state index contributed by atoms with van der Waals surface area (Å²) in [6, 6.07) is 1.25. The third-order valence-corrected chi connectivity index (χ3v) is 5.63. The lowest BCUT2D eigenvalue weighted by Gasteiger charge is -2.20. The summed E-state index contributed by atoms with van der Waals surface area (Å²) in [5.74, 6) is -1.89. The molecule has 13 heteroatoms. The third kappa shape index (κ3) is 5.14. The van der Waals surface area contributed by atoms with Crippen molar-refractivity contribution in [1.82, 2.24) is 20.2 Å². The lowest BCUT2D eigenvalue weighted by Crippen LogP contribution is -2.36. The van der Waals surface area contributed by atoms with Crippen molar-refractivity contribution >= 4 is 17.4 Å². The zero-order chi connectivity index (χ0) is 24.6. The highest BCUT2D eigenvalue weighted by Gasteiger charge is 2.39. The van der Waals surface area contributed by atoms with Crippen molar-refractivity contribution in [2.24, 2.45) is 4.99 Å². The summed E-state index contributed by atoms with van der Waals surface area (Å²) in [6.07, 6.45) is -4.28. The standard InChI is InChI=1S/C21H21F5N6O2/c1-10(12-4-11(22)2-3-13(12)23)30-20(34)18-17-14(5-27-18)28-9-29-19(17)31-15-6-32(7-16(15)33)8-21(24,25)26/h2-4,9-10,15-16,33H,5-8H2,1H3,(H,30,34)(H,28,29,31)/t10-,15-,16-/m1/s1. The van der Waals surface area contributed by atoms with E-state index in [0.29, 0.717) is 5.69 Å². The molecule has 0 radical (unpaired) electrons. The quantitative estimate of drug-likeness (QED) is 0.542. The van der Waals surface area contributed by atoms with E-state index in [1.54, 1.807) is 0 Å². The predicted octanol–water partition coefficient (Wildman–Crippen LogP) is 1.95. The Labute approximate surface area is 190 Å². The molecule has 1 fully saturated rings. The fourth-order valence-electron chi connectivity index (χ4n) is 4.07. The van der Waals surface area contributed by atoms with Gasteiger partial charge in [-0.1, -0.05) is 0 Å². The molecule has 4 rings (SSSR count). The number of nitrogens with zero attached hydrogens (tertiary/aromatic N) is 4. The summed E-state index contributed by atoms with van der Waals surface area (Å²) in [5, 5.41) is 15.7. The van der Waals surface area contributed by atoms with E-state index in [1.165, 1.54) is 13.3 Å². The Morgan fingerprint density at radius 1 is 1.26 bits per heavy atom. The summed E-state index contributed by atoms with van der Waals surface area (Å²) in [6.45, 7) is 0.118. The van der Waals surface area contributed by atoms with Gasteiger partial charge in [0.1, 0.15) is 29.5 Å². The van der Waals surface area contributed by atoms with Crippen LogP contribution in [0.1, 0.15) is 29.8 Å². The molecule has 3 heterocycles. The van der Waals surface area contributed by atoms with Crippen LogP contribution in [0.4, 0.5) is 27.8 Å². The van der Waals surface area contributed by atoms with Gasteiger partial charge in [-0.25, -0.2) is 18.7 Å². The number of nitrogens with one attached hydrogen (secondary N) is 2. The fourth-order valence-corrected chi connectivity index (χ4v) is 4.07. The maximum Gasteiger partial charge on any atom is 0.401 e. The molecule has 1 aromatic carbocycles. The van der Waals surface area contributed by atoms with Crippen LogP contribution in [0, 0.1) is 11.6 Å². The van der Waals surface area contributed by atoms with Gasteiger partial charge >= 0.3 is 6.18 Å². The molecule has 34 heavy (non-hydrogen) atoms. The van der Waals surface area contributed by atoms with Gasteiger partial charge in [0.15, 0.2) is 0 Å². The van der Waals surface area contributed by atoms with Crippen LogP contribution < -0.4 is 10.6 Å². The number of aliphatic hydroxyl groups excluding tert-OH is 1. The Hall–Kier alpha value is -3.19. The predicted molar refractivity (Wildman–Crippen MR) is 111 cm³/mol. The Balaban J connectivity index is 1.50. The minimum Gasteiger partial charge on any atom is -0.390 e. The summed E-state index contributed by atoms with van der Waals surface area (Å²) in [7, 11) is 0. The van der Waals surface area contributed by atoms with Crippen molar-refractivity contribution in [3.63, 3.8) is 0 Å². The van der Waals surface area contributed by atoms with Crippen LogP contribution in [-0.4, -0.2) is 69.5 Å². The molecular weight excluding hydrogens is 463 g/mol. The minimum absolute atomic E-state index is 0.0475. The number of benzene rings is 1. The zero-order valence-electron chi connectivity index (χ0n) is 17.9. The second kappa shape index (κ2) is 9.22. The average Bonchev–Trinajstić information content (AvgIpc) is 3.32. The number of amides is 1. The van der Waals surface area contributed by atoms with Crippen LogP contribution in [0.15, 0.2) is 29.5 Å². The number of aliphatic hydroxyl groups is 1. The molecule has 0 saturated carbocycles. The second-order valence-corrected chi connectivity index (χ2v) is 8.20. The molecule has 8 nitrogen and oxygen atoms in total. The first kappa shape index (κ1) is 24.0. The van der Waals surface area contributed by atoms with Crippen LogP contribution >= 0.6 is 0 Å². The Kier molecular flexibility index (Phi) is 6.49. The number of fused-ring (bicyclic) bond motifs is 1. The lowest BCUT2D eigenvalue weighted by atomic mass is 10.1. The molecule has 2 aliphatic heterocycles. The Morgan fingerprint density at radius 2 is 2.03 bits per heavy atom. The first-order valence-corrected chi connectivity index (χ1v) is 10.4. The van der Waals surface area contributed by atoms with Gasteiger partial charge in [-0.2, -0.15) is 13.2 Å². The molecule has 0 spiro atoms. The van der Waals surface area contributed by atoms with Gasteiger partial charge in [-0.15, -0.1) is 0 Å². The van der Waals surface area contributed by atoms with Crippen LogP contribution in [0.25, 0.3) is 0 Å². The van der Waals surface area contributed by atoms with E-state index in [0.717, 1.165) is 23.1 Å². The summed E-state index contributed by atoms with van der Waals surface area (Å²) in [5.41, 5.74) is 0.551. The molecule has 0 unspecified atom stereocenters. The van der Waals surface area contributed by atoms with Gasteiger partial charge in [0, 0.05) is 18.7 Å². The fraction of sp³-hybridized carbons (Fsp3) is 0.429. The van der Waals surface area contributed by atoms with Crippen molar-refractivity contribution in [3.8, 4) is 0 Å². The molecule has 0 bridgehead atoms. The van der Waals surface area contributed by atoms with Crippen LogP contribution in [0.3, 0.4) is 0 Å². The van der Waals surface area contributed by atoms with Crippen LogP contribution in [-0.2, 0) is 11.3 Å². The number of alkyl halides is 3. The number of anilines is 1. The monoisotopic (exact) mass is 484 g/mol. The summed E-state index contributed by atoms with van der Waals surface area (Å²) in [4.78, 5) is 26.4. The molecule has 2 aliphatic rings. The molecule has 1 saturated heterocycles. The highest BCUT2D eigenvalue weighted by molar-refractivity contribution is 6.47. The van der Waals surface area contributed by atoms with Crippen molar-refractivity contribution < 1.29 is 31.9 Å². The van der Waals surface area contributed by atoms with Crippen LogP contribution in [0.5, 0.6) is 0 Å². The number of hydrogen-bond donors (Lipinski definition) is 3. The van der Waals surface area contributed by atoms with E-state index < -0.39 is 48.5 Å². The van der Waals surface area contributed by atoms with Gasteiger partial charge in [-0.05, 0) is 25.1 Å². The average molecular weight is 484 g/mol.